The molecule has 0 saturated carbocycles. The summed E-state index contributed by atoms with van der Waals surface area (Å²) in [4.78, 5) is 42.9. The highest BCUT2D eigenvalue weighted by molar-refractivity contribution is 7.08. The number of hydrogen-bond donors (Lipinski definition) is 1. The Balaban J connectivity index is 0.000000383. The van der Waals surface area contributed by atoms with Crippen molar-refractivity contribution in [3.8, 4) is 0 Å². The highest BCUT2D eigenvalue weighted by Gasteiger charge is 2.50. The number of halogens is 3. The summed E-state index contributed by atoms with van der Waals surface area (Å²) in [5.74, 6) is -2.18. The van der Waals surface area contributed by atoms with E-state index in [0.29, 0.717) is 31.0 Å². The average molecular weight is 484 g/mol. The lowest BCUT2D eigenvalue weighted by Gasteiger charge is -2.25. The van der Waals surface area contributed by atoms with Crippen molar-refractivity contribution in [2.75, 3.05) is 24.5 Å². The smallest absolute Gasteiger partial charge is 0.475 e. The Morgan fingerprint density at radius 2 is 1.94 bits per heavy atom. The summed E-state index contributed by atoms with van der Waals surface area (Å²) < 4.78 is 31.7. The van der Waals surface area contributed by atoms with Crippen molar-refractivity contribution in [2.45, 2.75) is 38.3 Å². The minimum absolute atomic E-state index is 0.0179. The van der Waals surface area contributed by atoms with Gasteiger partial charge in [0.2, 0.25) is 5.91 Å². The molecule has 2 aromatic heterocycles. The fourth-order valence-corrected chi connectivity index (χ4v) is 4.72. The van der Waals surface area contributed by atoms with Crippen molar-refractivity contribution in [1.82, 2.24) is 9.88 Å². The summed E-state index contributed by atoms with van der Waals surface area (Å²) in [5.41, 5.74) is 2.33. The molecule has 4 rings (SSSR count). The molecule has 4 heterocycles. The third-order valence-corrected chi connectivity index (χ3v) is 6.27. The first kappa shape index (κ1) is 24.7. The first-order valence-corrected chi connectivity index (χ1v) is 11.3. The minimum Gasteiger partial charge on any atom is -0.475 e. The number of carbonyl (C=O) groups excluding carboxylic acids is 2. The van der Waals surface area contributed by atoms with Gasteiger partial charge in [0.1, 0.15) is 0 Å². The van der Waals surface area contributed by atoms with E-state index in [4.69, 9.17) is 9.90 Å². The zero-order chi connectivity index (χ0) is 24.4. The Bertz CT molecular complexity index is 1030. The molecule has 0 radical (unpaired) electrons. The molecule has 2 aliphatic heterocycles. The Labute approximate surface area is 192 Å². The van der Waals surface area contributed by atoms with Crippen LogP contribution in [0.3, 0.4) is 0 Å². The van der Waals surface area contributed by atoms with Crippen LogP contribution in [0.5, 0.6) is 0 Å². The molecule has 1 fully saturated rings. The maximum Gasteiger partial charge on any atom is 0.490 e. The fourth-order valence-electron chi connectivity index (χ4n) is 4.10. The lowest BCUT2D eigenvalue weighted by atomic mass is 9.85. The third-order valence-electron chi connectivity index (χ3n) is 5.59. The number of nitrogens with zero attached hydrogens (tertiary/aromatic N) is 3. The molecule has 33 heavy (non-hydrogen) atoms. The van der Waals surface area contributed by atoms with Gasteiger partial charge < -0.3 is 14.9 Å². The normalized spacial score (nSPS) is 19.5. The maximum atomic E-state index is 13.0. The predicted molar refractivity (Wildman–Crippen MR) is 116 cm³/mol. The van der Waals surface area contributed by atoms with E-state index < -0.39 is 12.1 Å². The van der Waals surface area contributed by atoms with E-state index in [1.807, 2.05) is 38.8 Å². The predicted octanol–water partition coefficient (Wildman–Crippen LogP) is 3.95. The van der Waals surface area contributed by atoms with Crippen LogP contribution < -0.4 is 4.90 Å². The van der Waals surface area contributed by atoms with Gasteiger partial charge in [0.05, 0.1) is 22.4 Å². The van der Waals surface area contributed by atoms with Crippen LogP contribution in [0.2, 0.25) is 0 Å². The molecule has 1 spiro atoms. The number of fused-ring (bicyclic) bond motifs is 2. The minimum atomic E-state index is -5.08. The molecular formula is C22H24F3N3O4S. The van der Waals surface area contributed by atoms with Crippen LogP contribution in [0.15, 0.2) is 35.2 Å². The molecular weight excluding hydrogens is 459 g/mol. The Hall–Kier alpha value is -2.95. The summed E-state index contributed by atoms with van der Waals surface area (Å²) in [7, 11) is 0. The van der Waals surface area contributed by atoms with Gasteiger partial charge in [0, 0.05) is 37.6 Å². The van der Waals surface area contributed by atoms with Gasteiger partial charge in [-0.3, -0.25) is 14.6 Å². The molecule has 1 unspecified atom stereocenters. The first-order chi connectivity index (χ1) is 15.4. The van der Waals surface area contributed by atoms with Crippen molar-refractivity contribution < 1.29 is 32.7 Å². The largest absolute Gasteiger partial charge is 0.490 e. The molecule has 2 aromatic rings. The maximum absolute atomic E-state index is 13.0. The fraction of sp³-hybridized carbons (Fsp3) is 0.455. The Morgan fingerprint density at radius 1 is 1.24 bits per heavy atom. The molecule has 1 atom stereocenters. The van der Waals surface area contributed by atoms with Crippen molar-refractivity contribution >= 4 is 34.8 Å². The number of hydrogen-bond acceptors (Lipinski definition) is 5. The van der Waals surface area contributed by atoms with E-state index in [2.05, 4.69) is 18.8 Å². The molecule has 178 valence electrons. The van der Waals surface area contributed by atoms with Crippen molar-refractivity contribution in [3.05, 3.63) is 46.4 Å². The summed E-state index contributed by atoms with van der Waals surface area (Å²) in [6, 6.07) is 5.71. The number of thiophene rings is 1. The van der Waals surface area contributed by atoms with Crippen LogP contribution in [0.4, 0.5) is 18.9 Å². The van der Waals surface area contributed by atoms with Crippen LogP contribution >= 0.6 is 11.3 Å². The van der Waals surface area contributed by atoms with E-state index in [-0.39, 0.29) is 17.2 Å². The van der Waals surface area contributed by atoms with Gasteiger partial charge in [0.15, 0.2) is 0 Å². The van der Waals surface area contributed by atoms with Crippen molar-refractivity contribution in [2.24, 2.45) is 5.92 Å². The number of likely N-dealkylation sites (tertiary alicyclic amines) is 1. The van der Waals surface area contributed by atoms with Crippen molar-refractivity contribution in [3.63, 3.8) is 0 Å². The van der Waals surface area contributed by atoms with Crippen LogP contribution in [0, 0.1) is 5.92 Å². The number of alkyl halides is 3. The van der Waals surface area contributed by atoms with Gasteiger partial charge in [-0.15, -0.1) is 0 Å². The number of carbonyl (C=O) groups is 3. The van der Waals surface area contributed by atoms with Crippen LogP contribution in [-0.4, -0.2) is 58.6 Å². The number of rotatable bonds is 3. The number of amides is 2. The van der Waals surface area contributed by atoms with Crippen molar-refractivity contribution in [1.29, 1.82) is 0 Å². The van der Waals surface area contributed by atoms with E-state index in [9.17, 15) is 22.8 Å². The number of pyridine rings is 1. The second-order valence-corrected chi connectivity index (χ2v) is 9.30. The molecule has 0 aliphatic carbocycles. The lowest BCUT2D eigenvalue weighted by Crippen LogP contribution is -2.40. The summed E-state index contributed by atoms with van der Waals surface area (Å²) in [5, 5.41) is 10.9. The number of aliphatic carboxylic acids is 1. The average Bonchev–Trinajstić information content (AvgIpc) is 3.47. The molecule has 2 aliphatic rings. The molecule has 2 amide bonds. The van der Waals surface area contributed by atoms with E-state index in [1.165, 1.54) is 11.3 Å². The highest BCUT2D eigenvalue weighted by Crippen LogP contribution is 2.45. The molecule has 0 aromatic carbocycles. The first-order valence-electron chi connectivity index (χ1n) is 10.3. The molecule has 11 heteroatoms. The van der Waals surface area contributed by atoms with E-state index >= 15 is 0 Å². The topological polar surface area (TPSA) is 90.8 Å². The number of anilines is 1. The number of carboxylic acids is 1. The van der Waals surface area contributed by atoms with Gasteiger partial charge in [0.25, 0.3) is 5.91 Å². The molecule has 1 saturated heterocycles. The molecule has 7 nitrogen and oxygen atoms in total. The monoisotopic (exact) mass is 483 g/mol. The third kappa shape index (κ3) is 5.35. The van der Waals surface area contributed by atoms with Crippen LogP contribution in [0.25, 0.3) is 0 Å². The van der Waals surface area contributed by atoms with Gasteiger partial charge >= 0.3 is 12.1 Å². The van der Waals surface area contributed by atoms with Crippen LogP contribution in [0.1, 0.15) is 42.7 Å². The van der Waals surface area contributed by atoms with E-state index in [0.717, 1.165) is 24.3 Å². The van der Waals surface area contributed by atoms with Gasteiger partial charge in [-0.1, -0.05) is 13.8 Å². The number of carboxylic acid groups (broad SMARTS) is 1. The number of aromatic nitrogens is 1. The molecule has 1 N–H and O–H groups in total. The zero-order valence-electron chi connectivity index (χ0n) is 18.1. The highest BCUT2D eigenvalue weighted by atomic mass is 32.1. The SMILES string of the molecule is CC(C)CC(=O)N1CCC2(C1)CN(C(=O)c1ccsc1)c1cccnc12.O=C(O)C(F)(F)F. The zero-order valence-corrected chi connectivity index (χ0v) is 18.9. The Kier molecular flexibility index (Phi) is 7.11. The van der Waals surface area contributed by atoms with Gasteiger partial charge in [-0.2, -0.15) is 24.5 Å². The lowest BCUT2D eigenvalue weighted by molar-refractivity contribution is -0.192. The Morgan fingerprint density at radius 3 is 2.52 bits per heavy atom. The summed E-state index contributed by atoms with van der Waals surface area (Å²) in [6.45, 7) is 6.12. The standard InChI is InChI=1S/C20H23N3O2S.C2HF3O2/c1-14(2)10-17(24)22-8-6-20(12-22)13-23(16-4-3-7-21-18(16)20)19(25)15-5-9-26-11-15;3-2(4,5)1(6)7/h3-5,7,9,11,14H,6,8,10,12-13H2,1-2H3;(H,6,7). The quantitative estimate of drug-likeness (QED) is 0.714. The van der Waals surface area contributed by atoms with E-state index in [1.54, 1.807) is 6.20 Å². The van der Waals surface area contributed by atoms with Gasteiger partial charge in [-0.25, -0.2) is 4.79 Å². The second kappa shape index (κ2) is 9.50. The summed E-state index contributed by atoms with van der Waals surface area (Å²) >= 11 is 1.53. The summed E-state index contributed by atoms with van der Waals surface area (Å²) in [6.07, 6.45) is -1.87. The van der Waals surface area contributed by atoms with Crippen LogP contribution in [-0.2, 0) is 15.0 Å². The van der Waals surface area contributed by atoms with Gasteiger partial charge in [-0.05, 0) is 35.9 Å². The molecule has 0 bridgehead atoms. The second-order valence-electron chi connectivity index (χ2n) is 8.52.